The molecule has 0 amide bonds. The molecule has 0 aromatic heterocycles. The standard InChI is InChI=1S/C11H13BrO3/c1-7-9(13)4-3-8(5-6-12)10(7)11(14)15-2/h3-4,13H,5-6H2,1-2H3. The average Bonchev–Trinajstić information content (AvgIpc) is 2.23. The van der Waals surface area contributed by atoms with E-state index in [9.17, 15) is 9.90 Å². The lowest BCUT2D eigenvalue weighted by Gasteiger charge is -2.11. The van der Waals surface area contributed by atoms with Crippen molar-refractivity contribution in [2.45, 2.75) is 13.3 Å². The van der Waals surface area contributed by atoms with Crippen molar-refractivity contribution in [2.24, 2.45) is 0 Å². The van der Waals surface area contributed by atoms with E-state index >= 15 is 0 Å². The highest BCUT2D eigenvalue weighted by Gasteiger charge is 2.16. The van der Waals surface area contributed by atoms with E-state index in [0.29, 0.717) is 11.1 Å². The molecule has 1 aromatic rings. The average molecular weight is 273 g/mol. The molecule has 0 fully saturated rings. The number of aryl methyl sites for hydroxylation is 1. The monoisotopic (exact) mass is 272 g/mol. The zero-order chi connectivity index (χ0) is 11.4. The quantitative estimate of drug-likeness (QED) is 0.679. The second kappa shape index (κ2) is 5.16. The Morgan fingerprint density at radius 2 is 2.20 bits per heavy atom. The number of benzene rings is 1. The summed E-state index contributed by atoms with van der Waals surface area (Å²) < 4.78 is 4.69. The van der Waals surface area contributed by atoms with Crippen molar-refractivity contribution in [3.8, 4) is 5.75 Å². The first-order valence-electron chi connectivity index (χ1n) is 4.57. The molecule has 0 saturated carbocycles. The molecule has 0 radical (unpaired) electrons. The third-order valence-electron chi connectivity index (χ3n) is 2.28. The Morgan fingerprint density at radius 3 is 2.73 bits per heavy atom. The van der Waals surface area contributed by atoms with Gasteiger partial charge in [-0.05, 0) is 25.0 Å². The Labute approximate surface area is 97.2 Å². The predicted octanol–water partition coefficient (Wildman–Crippen LogP) is 2.42. The van der Waals surface area contributed by atoms with Crippen LogP contribution >= 0.6 is 15.9 Å². The van der Waals surface area contributed by atoms with Crippen molar-refractivity contribution in [3.05, 3.63) is 28.8 Å². The van der Waals surface area contributed by atoms with Crippen LogP contribution in [0.4, 0.5) is 0 Å². The lowest BCUT2D eigenvalue weighted by Crippen LogP contribution is -2.08. The van der Waals surface area contributed by atoms with Gasteiger partial charge in [0.15, 0.2) is 0 Å². The van der Waals surface area contributed by atoms with Crippen LogP contribution in [0.15, 0.2) is 12.1 Å². The first kappa shape index (κ1) is 12.0. The Morgan fingerprint density at radius 1 is 1.53 bits per heavy atom. The highest BCUT2D eigenvalue weighted by molar-refractivity contribution is 9.09. The number of halogens is 1. The number of hydrogen-bond acceptors (Lipinski definition) is 3. The smallest absolute Gasteiger partial charge is 0.338 e. The van der Waals surface area contributed by atoms with Crippen molar-refractivity contribution in [3.63, 3.8) is 0 Å². The topological polar surface area (TPSA) is 46.5 Å². The number of phenols is 1. The molecule has 82 valence electrons. The van der Waals surface area contributed by atoms with E-state index in [4.69, 9.17) is 4.74 Å². The zero-order valence-electron chi connectivity index (χ0n) is 8.71. The molecule has 3 nitrogen and oxygen atoms in total. The summed E-state index contributed by atoms with van der Waals surface area (Å²) >= 11 is 3.32. The van der Waals surface area contributed by atoms with Crippen molar-refractivity contribution < 1.29 is 14.6 Å². The Balaban J connectivity index is 3.28. The Bertz CT molecular complexity index is 374. The minimum Gasteiger partial charge on any atom is -0.508 e. The van der Waals surface area contributed by atoms with E-state index in [1.165, 1.54) is 7.11 Å². The van der Waals surface area contributed by atoms with Gasteiger partial charge in [-0.25, -0.2) is 4.79 Å². The van der Waals surface area contributed by atoms with Gasteiger partial charge in [0.25, 0.3) is 0 Å². The maximum atomic E-state index is 11.5. The van der Waals surface area contributed by atoms with Crippen LogP contribution in [0.3, 0.4) is 0 Å². The van der Waals surface area contributed by atoms with Crippen molar-refractivity contribution in [1.29, 1.82) is 0 Å². The molecule has 15 heavy (non-hydrogen) atoms. The number of rotatable bonds is 3. The molecular formula is C11H13BrO3. The molecule has 0 spiro atoms. The number of carbonyl (C=O) groups is 1. The minimum absolute atomic E-state index is 0.119. The lowest BCUT2D eigenvalue weighted by molar-refractivity contribution is 0.0598. The fourth-order valence-electron chi connectivity index (χ4n) is 1.45. The Kier molecular flexibility index (Phi) is 4.15. The molecule has 0 aliphatic heterocycles. The van der Waals surface area contributed by atoms with Crippen LogP contribution in [0.2, 0.25) is 0 Å². The molecule has 0 bridgehead atoms. The van der Waals surface area contributed by atoms with Crippen LogP contribution in [-0.4, -0.2) is 23.5 Å². The molecule has 0 saturated heterocycles. The van der Waals surface area contributed by atoms with Crippen LogP contribution in [0.5, 0.6) is 5.75 Å². The molecular weight excluding hydrogens is 260 g/mol. The van der Waals surface area contributed by atoms with E-state index < -0.39 is 5.97 Å². The van der Waals surface area contributed by atoms with E-state index in [1.54, 1.807) is 19.1 Å². The van der Waals surface area contributed by atoms with Gasteiger partial charge in [-0.15, -0.1) is 0 Å². The number of ether oxygens (including phenoxy) is 1. The summed E-state index contributed by atoms with van der Waals surface area (Å²) in [5.41, 5.74) is 1.92. The second-order valence-electron chi connectivity index (χ2n) is 3.17. The van der Waals surface area contributed by atoms with Gasteiger partial charge in [-0.1, -0.05) is 22.0 Å². The molecule has 0 heterocycles. The normalized spacial score (nSPS) is 10.1. The van der Waals surface area contributed by atoms with Crippen LogP contribution in [0.25, 0.3) is 0 Å². The summed E-state index contributed by atoms with van der Waals surface area (Å²) in [6.45, 7) is 1.71. The van der Waals surface area contributed by atoms with Crippen LogP contribution in [0, 0.1) is 6.92 Å². The van der Waals surface area contributed by atoms with Crippen molar-refractivity contribution in [2.75, 3.05) is 12.4 Å². The van der Waals surface area contributed by atoms with Crippen molar-refractivity contribution in [1.82, 2.24) is 0 Å². The zero-order valence-corrected chi connectivity index (χ0v) is 10.3. The third kappa shape index (κ3) is 2.50. The summed E-state index contributed by atoms with van der Waals surface area (Å²) in [6.07, 6.45) is 0.728. The molecule has 0 unspecified atom stereocenters. The number of esters is 1. The largest absolute Gasteiger partial charge is 0.508 e. The summed E-state index contributed by atoms with van der Waals surface area (Å²) in [5.74, 6) is -0.284. The summed E-state index contributed by atoms with van der Waals surface area (Å²) in [5, 5.41) is 10.3. The van der Waals surface area contributed by atoms with E-state index in [2.05, 4.69) is 15.9 Å². The van der Waals surface area contributed by atoms with Crippen LogP contribution in [0.1, 0.15) is 21.5 Å². The molecule has 1 aromatic carbocycles. The summed E-state index contributed by atoms with van der Waals surface area (Å²) in [6, 6.07) is 3.34. The number of carbonyl (C=O) groups excluding carboxylic acids is 1. The highest BCUT2D eigenvalue weighted by Crippen LogP contribution is 2.25. The number of methoxy groups -OCH3 is 1. The van der Waals surface area contributed by atoms with Gasteiger partial charge in [0.1, 0.15) is 5.75 Å². The summed E-state index contributed by atoms with van der Waals surface area (Å²) in [7, 11) is 1.34. The molecule has 0 aliphatic carbocycles. The van der Waals surface area contributed by atoms with Gasteiger partial charge < -0.3 is 9.84 Å². The van der Waals surface area contributed by atoms with Gasteiger partial charge >= 0.3 is 5.97 Å². The third-order valence-corrected chi connectivity index (χ3v) is 2.67. The minimum atomic E-state index is -0.403. The van der Waals surface area contributed by atoms with Gasteiger partial charge in [-0.2, -0.15) is 0 Å². The number of phenolic OH excluding ortho intramolecular Hbond substituents is 1. The van der Waals surface area contributed by atoms with Crippen LogP contribution < -0.4 is 0 Å². The highest BCUT2D eigenvalue weighted by atomic mass is 79.9. The van der Waals surface area contributed by atoms with Gasteiger partial charge in [-0.3, -0.25) is 0 Å². The first-order valence-corrected chi connectivity index (χ1v) is 5.69. The lowest BCUT2D eigenvalue weighted by atomic mass is 9.99. The number of hydrogen-bond donors (Lipinski definition) is 1. The first-order chi connectivity index (χ1) is 7.11. The van der Waals surface area contributed by atoms with E-state index in [0.717, 1.165) is 17.3 Å². The van der Waals surface area contributed by atoms with Crippen LogP contribution in [-0.2, 0) is 11.2 Å². The van der Waals surface area contributed by atoms with E-state index in [1.807, 2.05) is 0 Å². The molecule has 1 rings (SSSR count). The van der Waals surface area contributed by atoms with Crippen molar-refractivity contribution >= 4 is 21.9 Å². The number of aromatic hydroxyl groups is 1. The molecule has 1 N–H and O–H groups in total. The van der Waals surface area contributed by atoms with Gasteiger partial charge in [0, 0.05) is 10.9 Å². The fourth-order valence-corrected chi connectivity index (χ4v) is 1.88. The molecule has 4 heteroatoms. The molecule has 0 atom stereocenters. The molecule has 0 aliphatic rings. The summed E-state index contributed by atoms with van der Waals surface area (Å²) in [4.78, 5) is 11.5. The maximum absolute atomic E-state index is 11.5. The SMILES string of the molecule is COC(=O)c1c(CCBr)ccc(O)c1C. The van der Waals surface area contributed by atoms with Gasteiger partial charge in [0.2, 0.25) is 0 Å². The Hall–Kier alpha value is -1.03. The van der Waals surface area contributed by atoms with E-state index in [-0.39, 0.29) is 5.75 Å². The maximum Gasteiger partial charge on any atom is 0.338 e. The van der Waals surface area contributed by atoms with Gasteiger partial charge in [0.05, 0.1) is 12.7 Å². The second-order valence-corrected chi connectivity index (χ2v) is 3.97. The predicted molar refractivity (Wildman–Crippen MR) is 61.7 cm³/mol. The number of alkyl halides is 1. The fraction of sp³-hybridized carbons (Fsp3) is 0.364.